The molecule has 1 fully saturated rings. The number of amides is 1. The number of nitrogens with zero attached hydrogens (tertiary/aromatic N) is 1. The average Bonchev–Trinajstić information content (AvgIpc) is 2.73. The number of pyridine rings is 1. The fraction of sp³-hybridized carbons (Fsp3) is 0.708. The van der Waals surface area contributed by atoms with Crippen LogP contribution in [0.15, 0.2) is 12.1 Å². The minimum absolute atomic E-state index is 0.174. The number of carboxylic acid groups (broad SMARTS) is 1. The van der Waals surface area contributed by atoms with Crippen molar-refractivity contribution >= 4 is 17.7 Å². The number of anilines is 1. The molecule has 1 unspecified atom stereocenters. The van der Waals surface area contributed by atoms with Crippen molar-refractivity contribution in [1.29, 1.82) is 0 Å². The van der Waals surface area contributed by atoms with E-state index in [0.717, 1.165) is 50.2 Å². The molecule has 1 aromatic rings. The van der Waals surface area contributed by atoms with Gasteiger partial charge in [0, 0.05) is 32.4 Å². The zero-order chi connectivity index (χ0) is 23.1. The van der Waals surface area contributed by atoms with Crippen LogP contribution in [-0.4, -0.2) is 61.0 Å². The van der Waals surface area contributed by atoms with Gasteiger partial charge in [-0.15, -0.1) is 0 Å². The highest BCUT2D eigenvalue weighted by atomic mass is 16.5. The van der Waals surface area contributed by atoms with Gasteiger partial charge in [0.15, 0.2) is 0 Å². The number of hydrogen-bond acceptors (Lipinski definition) is 6. The number of ether oxygens (including phenoxy) is 2. The number of methoxy groups -OCH3 is 1. The van der Waals surface area contributed by atoms with Gasteiger partial charge in [-0.3, -0.25) is 4.79 Å². The Kier molecular flexibility index (Phi) is 8.48. The number of aryl methyl sites for hydroxylation is 2. The highest BCUT2D eigenvalue weighted by molar-refractivity contribution is 5.87. The molecule has 1 saturated carbocycles. The van der Waals surface area contributed by atoms with Gasteiger partial charge in [0.2, 0.25) is 5.91 Å². The Labute approximate surface area is 190 Å². The van der Waals surface area contributed by atoms with Gasteiger partial charge in [-0.05, 0) is 69.9 Å². The van der Waals surface area contributed by atoms with Crippen LogP contribution in [0.4, 0.5) is 5.82 Å². The van der Waals surface area contributed by atoms with Crippen molar-refractivity contribution < 1.29 is 24.2 Å². The van der Waals surface area contributed by atoms with Crippen molar-refractivity contribution in [2.45, 2.75) is 70.9 Å². The quantitative estimate of drug-likeness (QED) is 0.452. The first kappa shape index (κ1) is 24.5. The summed E-state index contributed by atoms with van der Waals surface area (Å²) >= 11 is 0. The lowest BCUT2D eigenvalue weighted by Crippen LogP contribution is -2.48. The monoisotopic (exact) mass is 447 g/mol. The standard InChI is InChI=1S/C24H37N3O5/c1-24(2,15-31-3)23(30)27-20(22(28)29)10-12-32-19-13-16(14-19)6-8-18-9-7-17-5-4-11-25-21(17)26-18/h7,9,16,19-20H,4-6,8,10-15H2,1-3H3,(H,25,26)(H,27,30)(H,28,29). The molecule has 3 rings (SSSR count). The second kappa shape index (κ2) is 11.1. The zero-order valence-corrected chi connectivity index (χ0v) is 19.5. The summed E-state index contributed by atoms with van der Waals surface area (Å²) in [6.07, 6.45) is 6.75. The number of aliphatic carboxylic acids is 1. The highest BCUT2D eigenvalue weighted by Crippen LogP contribution is 2.34. The molecule has 0 bridgehead atoms. The van der Waals surface area contributed by atoms with Crippen molar-refractivity contribution in [1.82, 2.24) is 10.3 Å². The summed E-state index contributed by atoms with van der Waals surface area (Å²) in [6, 6.07) is 3.38. The van der Waals surface area contributed by atoms with Crippen LogP contribution in [0.25, 0.3) is 0 Å². The van der Waals surface area contributed by atoms with Crippen LogP contribution in [0.5, 0.6) is 0 Å². The van der Waals surface area contributed by atoms with Crippen molar-refractivity contribution in [3.05, 3.63) is 23.4 Å². The van der Waals surface area contributed by atoms with Crippen molar-refractivity contribution in [3.63, 3.8) is 0 Å². The molecular weight excluding hydrogens is 410 g/mol. The van der Waals surface area contributed by atoms with Crippen LogP contribution in [-0.2, 0) is 31.9 Å². The summed E-state index contributed by atoms with van der Waals surface area (Å²) in [5, 5.41) is 15.4. The first-order chi connectivity index (χ1) is 15.3. The van der Waals surface area contributed by atoms with E-state index < -0.39 is 17.4 Å². The fourth-order valence-corrected chi connectivity index (χ4v) is 4.30. The number of fused-ring (bicyclic) bond motifs is 1. The molecule has 3 N–H and O–H groups in total. The summed E-state index contributed by atoms with van der Waals surface area (Å²) in [5.74, 6) is 0.292. The zero-order valence-electron chi connectivity index (χ0n) is 19.5. The molecule has 0 radical (unpaired) electrons. The Balaban J connectivity index is 1.33. The van der Waals surface area contributed by atoms with E-state index in [1.54, 1.807) is 13.8 Å². The minimum atomic E-state index is -1.05. The van der Waals surface area contributed by atoms with E-state index in [1.807, 2.05) is 0 Å². The van der Waals surface area contributed by atoms with Gasteiger partial charge in [0.25, 0.3) is 0 Å². The third-order valence-corrected chi connectivity index (χ3v) is 6.44. The van der Waals surface area contributed by atoms with Gasteiger partial charge >= 0.3 is 5.97 Å². The topological polar surface area (TPSA) is 110 Å². The summed E-state index contributed by atoms with van der Waals surface area (Å²) in [5.41, 5.74) is 1.67. The van der Waals surface area contributed by atoms with Crippen LogP contribution < -0.4 is 10.6 Å². The minimum Gasteiger partial charge on any atom is -0.480 e. The molecule has 1 aromatic heterocycles. The Hall–Kier alpha value is -2.19. The van der Waals surface area contributed by atoms with E-state index >= 15 is 0 Å². The number of carbonyl (C=O) groups excluding carboxylic acids is 1. The van der Waals surface area contributed by atoms with Crippen molar-refractivity contribution in [3.8, 4) is 0 Å². The SMILES string of the molecule is COCC(C)(C)C(=O)NC(CCOC1CC(CCc2ccc3c(n2)NCCC3)C1)C(=O)O. The van der Waals surface area contributed by atoms with Gasteiger partial charge in [0.1, 0.15) is 11.9 Å². The molecule has 1 amide bonds. The fourth-order valence-electron chi connectivity index (χ4n) is 4.30. The maximum absolute atomic E-state index is 12.3. The van der Waals surface area contributed by atoms with Crippen LogP contribution >= 0.6 is 0 Å². The van der Waals surface area contributed by atoms with E-state index in [2.05, 4.69) is 22.8 Å². The van der Waals surface area contributed by atoms with Crippen LogP contribution in [0.2, 0.25) is 0 Å². The molecular formula is C24H37N3O5. The lowest BCUT2D eigenvalue weighted by atomic mass is 9.79. The van der Waals surface area contributed by atoms with Gasteiger partial charge in [-0.25, -0.2) is 9.78 Å². The van der Waals surface area contributed by atoms with Crippen molar-refractivity contribution in [2.24, 2.45) is 11.3 Å². The molecule has 32 heavy (non-hydrogen) atoms. The van der Waals surface area contributed by atoms with E-state index in [4.69, 9.17) is 14.5 Å². The first-order valence-electron chi connectivity index (χ1n) is 11.7. The summed E-state index contributed by atoms with van der Waals surface area (Å²) in [7, 11) is 1.52. The number of rotatable bonds is 12. The van der Waals surface area contributed by atoms with Crippen LogP contribution in [0.1, 0.15) is 57.2 Å². The molecule has 0 saturated heterocycles. The molecule has 178 valence electrons. The maximum Gasteiger partial charge on any atom is 0.326 e. The summed E-state index contributed by atoms with van der Waals surface area (Å²) < 4.78 is 10.9. The predicted octanol–water partition coefficient (Wildman–Crippen LogP) is 2.80. The molecule has 1 atom stereocenters. The number of carboxylic acids is 1. The van der Waals surface area contributed by atoms with Gasteiger partial charge in [-0.1, -0.05) is 6.07 Å². The Morgan fingerprint density at radius 1 is 1.34 bits per heavy atom. The molecule has 1 aliphatic heterocycles. The first-order valence-corrected chi connectivity index (χ1v) is 11.7. The molecule has 2 aliphatic rings. The lowest BCUT2D eigenvalue weighted by molar-refractivity contribution is -0.145. The smallest absolute Gasteiger partial charge is 0.326 e. The molecule has 2 heterocycles. The number of aromatic nitrogens is 1. The van der Waals surface area contributed by atoms with Crippen LogP contribution in [0.3, 0.4) is 0 Å². The lowest BCUT2D eigenvalue weighted by Gasteiger charge is -2.35. The number of carbonyl (C=O) groups is 2. The van der Waals surface area contributed by atoms with Crippen LogP contribution in [0, 0.1) is 11.3 Å². The summed E-state index contributed by atoms with van der Waals surface area (Å²) in [4.78, 5) is 28.6. The molecule has 1 aliphatic carbocycles. The largest absolute Gasteiger partial charge is 0.480 e. The predicted molar refractivity (Wildman–Crippen MR) is 122 cm³/mol. The Morgan fingerprint density at radius 3 is 2.84 bits per heavy atom. The number of nitrogens with one attached hydrogen (secondary N) is 2. The number of hydrogen-bond donors (Lipinski definition) is 3. The molecule has 8 nitrogen and oxygen atoms in total. The van der Waals surface area contributed by atoms with Gasteiger partial charge < -0.3 is 25.2 Å². The van der Waals surface area contributed by atoms with Gasteiger partial charge in [0.05, 0.1) is 18.1 Å². The van der Waals surface area contributed by atoms with E-state index in [0.29, 0.717) is 12.5 Å². The van der Waals surface area contributed by atoms with E-state index in [1.165, 1.54) is 19.1 Å². The summed E-state index contributed by atoms with van der Waals surface area (Å²) in [6.45, 7) is 5.00. The second-order valence-corrected chi connectivity index (χ2v) is 9.68. The third kappa shape index (κ3) is 6.65. The third-order valence-electron chi connectivity index (χ3n) is 6.44. The maximum atomic E-state index is 12.3. The average molecular weight is 448 g/mol. The highest BCUT2D eigenvalue weighted by Gasteiger charge is 2.33. The van der Waals surface area contributed by atoms with Gasteiger partial charge in [-0.2, -0.15) is 0 Å². The molecule has 0 spiro atoms. The van der Waals surface area contributed by atoms with Crippen molar-refractivity contribution in [2.75, 3.05) is 32.2 Å². The Bertz CT molecular complexity index is 792. The second-order valence-electron chi connectivity index (χ2n) is 9.68. The Morgan fingerprint density at radius 2 is 2.12 bits per heavy atom. The normalized spacial score (nSPS) is 21.1. The van der Waals surface area contributed by atoms with E-state index in [-0.39, 0.29) is 25.0 Å². The molecule has 8 heteroatoms. The van der Waals surface area contributed by atoms with E-state index in [9.17, 15) is 14.7 Å². The molecule has 0 aromatic carbocycles.